The van der Waals surface area contributed by atoms with Crippen molar-refractivity contribution in [1.29, 1.82) is 0 Å². The van der Waals surface area contributed by atoms with Crippen LogP contribution in [0.3, 0.4) is 0 Å². The first-order chi connectivity index (χ1) is 4.02. The number of halogens is 1. The van der Waals surface area contributed by atoms with Crippen molar-refractivity contribution in [3.8, 4) is 0 Å². The van der Waals surface area contributed by atoms with E-state index in [1.54, 1.807) is 17.3 Å². The Morgan fingerprint density at radius 2 is 1.89 bits per heavy atom. The Morgan fingerprint density at radius 3 is 1.89 bits per heavy atom. The van der Waals surface area contributed by atoms with Gasteiger partial charge >= 0.3 is 0 Å². The fraction of sp³-hybridized carbons (Fsp3) is 0.714. The second-order valence-electron chi connectivity index (χ2n) is 2.93. The zero-order chi connectivity index (χ0) is 7.49. The summed E-state index contributed by atoms with van der Waals surface area (Å²) in [6.07, 6.45) is 2.04. The van der Waals surface area contributed by atoms with Crippen molar-refractivity contribution in [2.75, 3.05) is 6.26 Å². The zero-order valence-electron chi connectivity index (χ0n) is 6.36. The molecular formula is C7H13ClS. The molecule has 0 saturated carbocycles. The molecule has 0 nitrogen and oxygen atoms in total. The molecule has 9 heavy (non-hydrogen) atoms. The monoisotopic (exact) mass is 164 g/mol. The van der Waals surface area contributed by atoms with E-state index >= 15 is 0 Å². The van der Waals surface area contributed by atoms with Gasteiger partial charge in [0, 0.05) is 10.4 Å². The average molecular weight is 165 g/mol. The van der Waals surface area contributed by atoms with Crippen molar-refractivity contribution in [3.63, 3.8) is 0 Å². The molecule has 0 amide bonds. The van der Waals surface area contributed by atoms with Crippen LogP contribution in [-0.4, -0.2) is 6.26 Å². The van der Waals surface area contributed by atoms with Gasteiger partial charge in [-0.2, -0.15) is 0 Å². The standard InChI is InChI=1S/C7H13ClS/c1-7(2,3)6(5-8)9-4/h5H,1-4H3. The number of thioether (sulfide) groups is 1. The Kier molecular flexibility index (Phi) is 3.67. The summed E-state index contributed by atoms with van der Waals surface area (Å²) < 4.78 is 0. The Morgan fingerprint density at radius 1 is 1.44 bits per heavy atom. The van der Waals surface area contributed by atoms with Gasteiger partial charge < -0.3 is 0 Å². The topological polar surface area (TPSA) is 0 Å². The fourth-order valence-corrected chi connectivity index (χ4v) is 1.81. The van der Waals surface area contributed by atoms with Gasteiger partial charge in [-0.25, -0.2) is 0 Å². The quantitative estimate of drug-likeness (QED) is 0.572. The van der Waals surface area contributed by atoms with Crippen molar-refractivity contribution in [3.05, 3.63) is 10.4 Å². The van der Waals surface area contributed by atoms with Crippen LogP contribution < -0.4 is 0 Å². The minimum absolute atomic E-state index is 0.209. The summed E-state index contributed by atoms with van der Waals surface area (Å²) in [4.78, 5) is 1.23. The van der Waals surface area contributed by atoms with Crippen LogP contribution in [0.4, 0.5) is 0 Å². The van der Waals surface area contributed by atoms with Crippen molar-refractivity contribution < 1.29 is 0 Å². The van der Waals surface area contributed by atoms with Gasteiger partial charge in [0.05, 0.1) is 0 Å². The van der Waals surface area contributed by atoms with Crippen LogP contribution in [-0.2, 0) is 0 Å². The number of rotatable bonds is 1. The summed E-state index contributed by atoms with van der Waals surface area (Å²) in [7, 11) is 0. The zero-order valence-corrected chi connectivity index (χ0v) is 7.94. The molecule has 0 aliphatic carbocycles. The van der Waals surface area contributed by atoms with Crippen LogP contribution in [0, 0.1) is 5.41 Å². The lowest BCUT2D eigenvalue weighted by Gasteiger charge is -2.19. The van der Waals surface area contributed by atoms with Gasteiger partial charge in [0.2, 0.25) is 0 Å². The van der Waals surface area contributed by atoms with E-state index in [9.17, 15) is 0 Å². The number of hydrogen-bond donors (Lipinski definition) is 0. The van der Waals surface area contributed by atoms with E-state index in [2.05, 4.69) is 20.8 Å². The molecule has 2 heteroatoms. The molecule has 0 aliphatic rings. The van der Waals surface area contributed by atoms with Gasteiger partial charge in [-0.1, -0.05) is 32.4 Å². The van der Waals surface area contributed by atoms with E-state index in [1.807, 2.05) is 6.26 Å². The van der Waals surface area contributed by atoms with E-state index in [4.69, 9.17) is 11.6 Å². The molecule has 54 valence electrons. The summed E-state index contributed by atoms with van der Waals surface area (Å²) >= 11 is 7.28. The normalized spacial score (nSPS) is 14.1. The summed E-state index contributed by atoms with van der Waals surface area (Å²) in [5, 5.41) is 0. The van der Waals surface area contributed by atoms with E-state index < -0.39 is 0 Å². The first-order valence-electron chi connectivity index (χ1n) is 2.87. The van der Waals surface area contributed by atoms with Crippen LogP contribution in [0.2, 0.25) is 0 Å². The van der Waals surface area contributed by atoms with Crippen LogP contribution in [0.15, 0.2) is 10.4 Å². The van der Waals surface area contributed by atoms with Gasteiger partial charge in [-0.05, 0) is 11.7 Å². The number of hydrogen-bond acceptors (Lipinski definition) is 1. The molecule has 0 bridgehead atoms. The average Bonchev–Trinajstić information content (AvgIpc) is 1.65. The van der Waals surface area contributed by atoms with Crippen LogP contribution in [0.25, 0.3) is 0 Å². The molecule has 0 heterocycles. The second kappa shape index (κ2) is 3.52. The molecule has 0 rings (SSSR count). The smallest absolute Gasteiger partial charge is 0.0143 e. The molecule has 0 aliphatic heterocycles. The molecule has 0 aromatic rings. The van der Waals surface area contributed by atoms with Crippen LogP contribution >= 0.6 is 23.4 Å². The highest BCUT2D eigenvalue weighted by Crippen LogP contribution is 2.33. The molecule has 0 saturated heterocycles. The highest BCUT2D eigenvalue weighted by Gasteiger charge is 2.14. The maximum absolute atomic E-state index is 5.57. The van der Waals surface area contributed by atoms with E-state index in [-0.39, 0.29) is 5.41 Å². The molecule has 0 aromatic carbocycles. The molecular weight excluding hydrogens is 152 g/mol. The van der Waals surface area contributed by atoms with Gasteiger partial charge in [-0.15, -0.1) is 11.8 Å². The Bertz CT molecular complexity index is 111. The second-order valence-corrected chi connectivity index (χ2v) is 3.99. The van der Waals surface area contributed by atoms with Crippen LogP contribution in [0.1, 0.15) is 20.8 Å². The third-order valence-electron chi connectivity index (χ3n) is 1.06. The van der Waals surface area contributed by atoms with Crippen molar-refractivity contribution in [1.82, 2.24) is 0 Å². The van der Waals surface area contributed by atoms with E-state index in [0.29, 0.717) is 0 Å². The summed E-state index contributed by atoms with van der Waals surface area (Å²) in [5.74, 6) is 0. The van der Waals surface area contributed by atoms with Crippen molar-refractivity contribution in [2.24, 2.45) is 5.41 Å². The largest absolute Gasteiger partial charge is 0.133 e. The molecule has 0 spiro atoms. The summed E-state index contributed by atoms with van der Waals surface area (Å²) in [6.45, 7) is 6.45. The van der Waals surface area contributed by atoms with Gasteiger partial charge in [0.25, 0.3) is 0 Å². The summed E-state index contributed by atoms with van der Waals surface area (Å²) in [5.41, 5.74) is 1.87. The Labute approximate surface area is 66.7 Å². The van der Waals surface area contributed by atoms with Gasteiger partial charge in [-0.3, -0.25) is 0 Å². The van der Waals surface area contributed by atoms with E-state index in [0.717, 1.165) is 0 Å². The molecule has 0 unspecified atom stereocenters. The first-order valence-corrected chi connectivity index (χ1v) is 4.53. The highest BCUT2D eigenvalue weighted by molar-refractivity contribution is 8.02. The van der Waals surface area contributed by atoms with Crippen LogP contribution in [0.5, 0.6) is 0 Å². The lowest BCUT2D eigenvalue weighted by molar-refractivity contribution is 0.534. The lowest BCUT2D eigenvalue weighted by atomic mass is 9.97. The molecule has 0 radical (unpaired) electrons. The van der Waals surface area contributed by atoms with Crippen molar-refractivity contribution in [2.45, 2.75) is 20.8 Å². The molecule has 0 atom stereocenters. The predicted molar refractivity (Wildman–Crippen MR) is 46.9 cm³/mol. The minimum atomic E-state index is 0.209. The fourth-order valence-electron chi connectivity index (χ4n) is 0.514. The maximum atomic E-state index is 5.57. The lowest BCUT2D eigenvalue weighted by Crippen LogP contribution is -2.05. The summed E-state index contributed by atoms with van der Waals surface area (Å²) in [6, 6.07) is 0. The third-order valence-corrected chi connectivity index (χ3v) is 2.58. The van der Waals surface area contributed by atoms with E-state index in [1.165, 1.54) is 4.91 Å². The van der Waals surface area contributed by atoms with Crippen molar-refractivity contribution >= 4 is 23.4 Å². The predicted octanol–water partition coefficient (Wildman–Crippen LogP) is 3.48. The Hall–Kier alpha value is 0.380. The first kappa shape index (κ1) is 9.38. The van der Waals surface area contributed by atoms with Gasteiger partial charge in [0.15, 0.2) is 0 Å². The Balaban J connectivity index is 4.14. The molecule has 0 fully saturated rings. The number of allylic oxidation sites excluding steroid dienone is 1. The SMILES string of the molecule is CSC(=CCl)C(C)(C)C. The maximum Gasteiger partial charge on any atom is 0.0143 e. The third kappa shape index (κ3) is 3.17. The highest BCUT2D eigenvalue weighted by atomic mass is 35.5. The van der Waals surface area contributed by atoms with Gasteiger partial charge in [0.1, 0.15) is 0 Å². The molecule has 0 aromatic heterocycles. The molecule has 0 N–H and O–H groups in total. The minimum Gasteiger partial charge on any atom is -0.133 e.